The summed E-state index contributed by atoms with van der Waals surface area (Å²) in [6.45, 7) is 0.500. The Kier molecular flexibility index (Phi) is 25.0. The van der Waals surface area contributed by atoms with E-state index < -0.39 is 66.1 Å². The molecule has 0 spiro atoms. The zero-order valence-corrected chi connectivity index (χ0v) is 40.3. The summed E-state index contributed by atoms with van der Waals surface area (Å²) in [5.41, 5.74) is 0.274. The summed E-state index contributed by atoms with van der Waals surface area (Å²) in [4.78, 5) is 30.7. The topological polar surface area (TPSA) is 273 Å². The van der Waals surface area contributed by atoms with Crippen LogP contribution in [0, 0.1) is 46.3 Å². The zero-order chi connectivity index (χ0) is 41.1. The molecule has 8 aliphatic rings. The van der Waals surface area contributed by atoms with E-state index in [0.717, 1.165) is 37.0 Å². The van der Waals surface area contributed by atoms with Crippen molar-refractivity contribution in [3.05, 3.63) is 0 Å². The molecule has 8 saturated carbocycles. The Hall–Kier alpha value is 0.930. The van der Waals surface area contributed by atoms with Crippen molar-refractivity contribution in [2.45, 2.75) is 92.8 Å². The van der Waals surface area contributed by atoms with E-state index in [4.69, 9.17) is 9.84 Å². The number of halogens is 7. The fourth-order valence-corrected chi connectivity index (χ4v) is 10.4. The molecule has 0 amide bonds. The number of esters is 2. The number of rotatable bonds is 11. The van der Waals surface area contributed by atoms with Gasteiger partial charge in [0, 0.05) is 12.0 Å². The molecule has 0 aliphatic heterocycles. The average molecular weight is 943 g/mol. The molecule has 0 aromatic carbocycles. The van der Waals surface area contributed by atoms with Gasteiger partial charge in [0.05, 0.1) is 13.7 Å². The van der Waals surface area contributed by atoms with Crippen LogP contribution < -0.4 is 93.9 Å². The van der Waals surface area contributed by atoms with Crippen LogP contribution in [-0.2, 0) is 53.6 Å². The van der Waals surface area contributed by atoms with Gasteiger partial charge in [0.2, 0.25) is 0 Å². The van der Waals surface area contributed by atoms with Gasteiger partial charge in [0.25, 0.3) is 0 Å². The average Bonchev–Trinajstić information content (AvgIpc) is 3.04. The third kappa shape index (κ3) is 15.6. The number of hydrogen-bond donors (Lipinski definition) is 2. The van der Waals surface area contributed by atoms with E-state index >= 15 is 0 Å². The molecule has 58 heavy (non-hydrogen) atoms. The molecule has 29 heteroatoms. The monoisotopic (exact) mass is 942 g/mol. The van der Waals surface area contributed by atoms with Gasteiger partial charge in [-0.2, -0.15) is 39.1 Å². The molecule has 0 heterocycles. The first-order valence-corrected chi connectivity index (χ1v) is 20.0. The third-order valence-electron chi connectivity index (χ3n) is 10.9. The summed E-state index contributed by atoms with van der Waals surface area (Å²) in [6, 6.07) is 0. The van der Waals surface area contributed by atoms with Crippen molar-refractivity contribution >= 4 is 50.3 Å². The maximum absolute atomic E-state index is 13.3. The van der Waals surface area contributed by atoms with Crippen molar-refractivity contribution in [2.75, 3.05) is 20.3 Å². The van der Waals surface area contributed by atoms with Gasteiger partial charge < -0.3 is 35.0 Å². The molecule has 0 aromatic rings. The maximum atomic E-state index is 13.3. The van der Waals surface area contributed by atoms with E-state index in [2.05, 4.69) is 14.1 Å². The van der Waals surface area contributed by atoms with Gasteiger partial charge in [0.15, 0.2) is 10.1 Å². The summed E-state index contributed by atoms with van der Waals surface area (Å²) in [5.74, 6) is -2.16. The molecule has 8 bridgehead atoms. The molecule has 8 aliphatic carbocycles. The van der Waals surface area contributed by atoms with Gasteiger partial charge >= 0.3 is 133 Å². The summed E-state index contributed by atoms with van der Waals surface area (Å²) in [5, 5.41) is 15.0. The van der Waals surface area contributed by atoms with Crippen molar-refractivity contribution in [3.8, 4) is 0 Å². The second-order valence-corrected chi connectivity index (χ2v) is 18.7. The number of hydrogen-bond acceptors (Lipinski definition) is 16. The zero-order valence-electron chi connectivity index (χ0n) is 31.9. The fourth-order valence-electron chi connectivity index (χ4n) is 9.67. The van der Waals surface area contributed by atoms with Gasteiger partial charge in [0.1, 0.15) is 12.0 Å². The molecule has 0 radical (unpaired) electrons. The Labute approximate surface area is 400 Å². The summed E-state index contributed by atoms with van der Waals surface area (Å²) < 4.78 is 144. The normalized spacial score (nSPS) is 30.0. The summed E-state index contributed by atoms with van der Waals surface area (Å²) in [7, 11) is -11.8. The Morgan fingerprint density at radius 1 is 0.724 bits per heavy atom. The molecule has 0 atom stereocenters. The number of carboxylic acids is 1. The minimum atomic E-state index is -6.22. The number of carbonyl (C=O) groups excluding carboxylic acids is 2. The van der Waals surface area contributed by atoms with Gasteiger partial charge in [-0.05, 0) is 118 Å². The second-order valence-electron chi connectivity index (χ2n) is 15.0. The Morgan fingerprint density at radius 3 is 1.29 bits per heavy atom. The molecule has 0 saturated heterocycles. The number of carboxylic acid groups (broad SMARTS) is 1. The van der Waals surface area contributed by atoms with Crippen LogP contribution in [-0.4, -0.2) is 91.1 Å². The van der Waals surface area contributed by atoms with E-state index in [-0.39, 0.29) is 106 Å². The number of carbonyl (C=O) groups is 3. The third-order valence-corrected chi connectivity index (χ3v) is 13.0. The van der Waals surface area contributed by atoms with Crippen LogP contribution in [0.1, 0.15) is 77.0 Å². The van der Waals surface area contributed by atoms with E-state index in [0.29, 0.717) is 36.9 Å². The van der Waals surface area contributed by atoms with Crippen molar-refractivity contribution in [3.63, 3.8) is 0 Å². The molecule has 16 nitrogen and oxygen atoms in total. The first kappa shape index (κ1) is 61.0. The van der Waals surface area contributed by atoms with Crippen molar-refractivity contribution in [1.82, 2.24) is 0 Å². The smallest absolute Gasteiger partial charge is 0.870 e. The van der Waals surface area contributed by atoms with Crippen molar-refractivity contribution in [1.29, 1.82) is 0 Å². The van der Waals surface area contributed by atoms with Crippen LogP contribution in [0.4, 0.5) is 30.2 Å². The van der Waals surface area contributed by atoms with Crippen molar-refractivity contribution < 1.29 is 194 Å². The first-order chi connectivity index (χ1) is 24.6. The standard InChI is InChI=1S/C13H18F2O5S.C11H18O.C3H3F3O4S.C2H2F2O5S.3Na.H2O/c14-13(15,21-20-19-17)11(16)18-7-12-4-8-1-9(5-12)3-10(2-8)6-12;12-7-11-4-8-1-9(5-11)3-10(2-8)6-11;1-10-2(7)3(4,5)11(6,8)9;3-2(4,1(5)6)10(7,8)9;;;;/h8-10,17H,1-7H2;8-10,12H,1-7H2;1H3;(H,5,6)(H,7,8,9);;;;1H2/q;;;;3*+1;/p-3. The van der Waals surface area contributed by atoms with Gasteiger partial charge in [-0.3, -0.25) is 5.04 Å². The van der Waals surface area contributed by atoms with Gasteiger partial charge in [-0.25, -0.2) is 22.8 Å². The minimum absolute atomic E-state index is 0. The van der Waals surface area contributed by atoms with Crippen LogP contribution in [0.25, 0.3) is 0 Å². The SMILES string of the molecule is COC(=O)C(F)(F)S(=O)(=O)F.O=C(O)C(F)(F)S(=O)(=O)[O-].O=C(OCC12CC3CC(CC(C3)C1)C2)C(F)(F)SOO[O-].OCC12CC3CC(CC(C3)C1)C2.[Na+].[Na+].[Na+].[OH-]. The second kappa shape index (κ2) is 23.7. The molecular weight excluding hydrogens is 902 g/mol. The Balaban J connectivity index is 0. The Morgan fingerprint density at radius 2 is 1.07 bits per heavy atom. The van der Waals surface area contributed by atoms with Crippen LogP contribution >= 0.6 is 12.0 Å². The predicted molar refractivity (Wildman–Crippen MR) is 165 cm³/mol. The molecule has 8 rings (SSSR count). The molecular formula is C29H40F7Na3O16S3. The van der Waals surface area contributed by atoms with E-state index in [1.807, 2.05) is 0 Å². The Bertz CT molecular complexity index is 1530. The van der Waals surface area contributed by atoms with E-state index in [1.165, 1.54) is 57.8 Å². The predicted octanol–water partition coefficient (Wildman–Crippen LogP) is -5.50. The molecule has 3 N–H and O–H groups in total. The number of ether oxygens (including phenoxy) is 2. The number of alkyl halides is 6. The maximum Gasteiger partial charge on any atom is 1.00 e. The quantitative estimate of drug-likeness (QED) is 0.0286. The summed E-state index contributed by atoms with van der Waals surface area (Å²) in [6.07, 6.45) is 15.1. The van der Waals surface area contributed by atoms with Crippen LogP contribution in [0.2, 0.25) is 0 Å². The van der Waals surface area contributed by atoms with Gasteiger partial charge in [-0.15, -0.1) is 0 Å². The van der Waals surface area contributed by atoms with E-state index in [1.54, 1.807) is 0 Å². The number of methoxy groups -OCH3 is 1. The number of aliphatic hydroxyl groups is 1. The van der Waals surface area contributed by atoms with Gasteiger partial charge in [-0.1, -0.05) is 3.89 Å². The molecule has 0 unspecified atom stereocenters. The van der Waals surface area contributed by atoms with Crippen molar-refractivity contribution in [2.24, 2.45) is 46.3 Å². The summed E-state index contributed by atoms with van der Waals surface area (Å²) >= 11 is -0.639. The number of aliphatic carboxylic acids is 1. The van der Waals surface area contributed by atoms with Crippen LogP contribution in [0.3, 0.4) is 0 Å². The largest absolute Gasteiger partial charge is 1.00 e. The van der Waals surface area contributed by atoms with Crippen LogP contribution in [0.5, 0.6) is 0 Å². The minimum Gasteiger partial charge on any atom is -0.870 e. The number of aliphatic hydroxyl groups excluding tert-OH is 1. The van der Waals surface area contributed by atoms with Crippen LogP contribution in [0.15, 0.2) is 0 Å². The molecule has 0 aromatic heterocycles. The first-order valence-electron chi connectivity index (χ1n) is 16.4. The fraction of sp³-hybridized carbons (Fsp3) is 0.897. The molecule has 322 valence electrons. The molecule has 8 fully saturated rings. The van der Waals surface area contributed by atoms with E-state index in [9.17, 15) is 76.4 Å².